The molecule has 0 aliphatic rings. The molecule has 0 aliphatic heterocycles. The van der Waals surface area contributed by atoms with Crippen LogP contribution in [0, 0.1) is 12.9 Å². The predicted molar refractivity (Wildman–Crippen MR) is 135 cm³/mol. The van der Waals surface area contributed by atoms with Crippen LogP contribution in [0.25, 0.3) is 11.0 Å². The Hall–Kier alpha value is -1.75. The molecule has 3 aromatic rings. The maximum absolute atomic E-state index is 14.1. The van der Waals surface area contributed by atoms with Crippen LogP contribution in [0.15, 0.2) is 53.2 Å². The number of hydrogen-bond acceptors (Lipinski definition) is 4. The van der Waals surface area contributed by atoms with Crippen LogP contribution in [0.1, 0.15) is 16.8 Å². The number of benzene rings is 1. The highest BCUT2D eigenvalue weighted by molar-refractivity contribution is 7.89. The molecule has 0 amide bonds. The van der Waals surface area contributed by atoms with E-state index in [-0.39, 0.29) is 61.0 Å². The lowest BCUT2D eigenvalue weighted by Gasteiger charge is -2.12. The van der Waals surface area contributed by atoms with Gasteiger partial charge in [0, 0.05) is 38.3 Å². The van der Waals surface area contributed by atoms with Crippen molar-refractivity contribution in [3.8, 4) is 0 Å². The topological polar surface area (TPSA) is 81.2 Å². The standard InChI is InChI=1S/C21H24F2N4O2S.3ClH/c1-14-18(12-15-4-6-17(7-5-15)30(28,29)26(2)3)21-19(8-9-20(23)25-21)27(14)13-16(22)10-11-24;;;/h4-10H,11-13,24H2,1-3H3;3*1H/b16-10-;;;. The monoisotopic (exact) mass is 542 g/mol. The van der Waals surface area contributed by atoms with E-state index < -0.39 is 16.0 Å². The summed E-state index contributed by atoms with van der Waals surface area (Å²) in [6.07, 6.45) is 1.70. The Morgan fingerprint density at radius 2 is 1.73 bits per heavy atom. The highest BCUT2D eigenvalue weighted by atomic mass is 35.5. The lowest BCUT2D eigenvalue weighted by Crippen LogP contribution is -2.22. The number of pyridine rings is 1. The lowest BCUT2D eigenvalue weighted by molar-refractivity contribution is 0.520. The van der Waals surface area contributed by atoms with Gasteiger partial charge in [-0.25, -0.2) is 22.1 Å². The predicted octanol–water partition coefficient (Wildman–Crippen LogP) is 4.40. The molecule has 2 heterocycles. The van der Waals surface area contributed by atoms with Gasteiger partial charge >= 0.3 is 0 Å². The average Bonchev–Trinajstić information content (AvgIpc) is 2.93. The zero-order valence-corrected chi connectivity index (χ0v) is 21.6. The Bertz CT molecular complexity index is 1210. The molecule has 0 aliphatic carbocycles. The van der Waals surface area contributed by atoms with E-state index in [4.69, 9.17) is 5.73 Å². The van der Waals surface area contributed by atoms with Gasteiger partial charge in [-0.3, -0.25) is 0 Å². The van der Waals surface area contributed by atoms with Gasteiger partial charge in [0.25, 0.3) is 0 Å². The second-order valence-electron chi connectivity index (χ2n) is 7.15. The molecular weight excluding hydrogens is 517 g/mol. The van der Waals surface area contributed by atoms with Crippen LogP contribution in [0.3, 0.4) is 0 Å². The Morgan fingerprint density at radius 3 is 2.27 bits per heavy atom. The van der Waals surface area contributed by atoms with Gasteiger partial charge in [0.05, 0.1) is 22.5 Å². The summed E-state index contributed by atoms with van der Waals surface area (Å²) in [6, 6.07) is 9.33. The number of nitrogens with two attached hydrogens (primary N) is 1. The largest absolute Gasteiger partial charge is 0.336 e. The van der Waals surface area contributed by atoms with Crippen molar-refractivity contribution in [2.45, 2.75) is 24.8 Å². The van der Waals surface area contributed by atoms with Gasteiger partial charge in [-0.15, -0.1) is 37.2 Å². The van der Waals surface area contributed by atoms with Crippen molar-refractivity contribution >= 4 is 58.3 Å². The second-order valence-corrected chi connectivity index (χ2v) is 9.30. The Balaban J connectivity index is 0.00000341. The molecule has 0 unspecified atom stereocenters. The summed E-state index contributed by atoms with van der Waals surface area (Å²) in [4.78, 5) is 4.22. The molecular formula is C21H27Cl3F2N4O2S. The first kappa shape index (κ1) is 31.2. The van der Waals surface area contributed by atoms with E-state index in [2.05, 4.69) is 4.98 Å². The zero-order valence-electron chi connectivity index (χ0n) is 18.3. The van der Waals surface area contributed by atoms with E-state index in [0.29, 0.717) is 17.5 Å². The van der Waals surface area contributed by atoms with E-state index in [9.17, 15) is 17.2 Å². The third-order valence-electron chi connectivity index (χ3n) is 4.99. The van der Waals surface area contributed by atoms with Crippen LogP contribution in [0.2, 0.25) is 0 Å². The van der Waals surface area contributed by atoms with Gasteiger partial charge in [-0.05, 0) is 42.8 Å². The van der Waals surface area contributed by atoms with Gasteiger partial charge in [0.15, 0.2) is 0 Å². The maximum Gasteiger partial charge on any atom is 0.242 e. The van der Waals surface area contributed by atoms with Crippen molar-refractivity contribution in [3.05, 3.63) is 71.1 Å². The summed E-state index contributed by atoms with van der Waals surface area (Å²) >= 11 is 0. The number of allylic oxidation sites excluding steroid dienone is 1. The Labute approximate surface area is 211 Å². The van der Waals surface area contributed by atoms with E-state index in [1.54, 1.807) is 22.8 Å². The average molecular weight is 544 g/mol. The van der Waals surface area contributed by atoms with Crippen LogP contribution < -0.4 is 5.73 Å². The molecule has 0 spiro atoms. The van der Waals surface area contributed by atoms with Crippen molar-refractivity contribution in [2.75, 3.05) is 20.6 Å². The van der Waals surface area contributed by atoms with Gasteiger partial charge in [-0.2, -0.15) is 4.39 Å². The van der Waals surface area contributed by atoms with Gasteiger partial charge < -0.3 is 10.3 Å². The molecule has 6 nitrogen and oxygen atoms in total. The van der Waals surface area contributed by atoms with E-state index in [0.717, 1.165) is 21.1 Å². The summed E-state index contributed by atoms with van der Waals surface area (Å²) in [7, 11) is -0.576. The van der Waals surface area contributed by atoms with E-state index in [1.807, 2.05) is 6.92 Å². The van der Waals surface area contributed by atoms with Crippen molar-refractivity contribution in [1.29, 1.82) is 0 Å². The van der Waals surface area contributed by atoms with Crippen LogP contribution in [0.5, 0.6) is 0 Å². The number of fused-ring (bicyclic) bond motifs is 1. The molecule has 0 atom stereocenters. The van der Waals surface area contributed by atoms with Gasteiger partial charge in [-0.1, -0.05) is 12.1 Å². The number of sulfonamides is 1. The Morgan fingerprint density at radius 1 is 1.12 bits per heavy atom. The molecule has 0 radical (unpaired) electrons. The van der Waals surface area contributed by atoms with Crippen molar-refractivity contribution in [2.24, 2.45) is 5.73 Å². The molecule has 12 heteroatoms. The molecule has 0 fully saturated rings. The van der Waals surface area contributed by atoms with Crippen LogP contribution in [-0.2, 0) is 23.0 Å². The molecule has 33 heavy (non-hydrogen) atoms. The number of hydrogen-bond donors (Lipinski definition) is 1. The normalized spacial score (nSPS) is 11.7. The molecule has 0 saturated carbocycles. The van der Waals surface area contributed by atoms with Crippen LogP contribution >= 0.6 is 37.2 Å². The second kappa shape index (κ2) is 12.6. The summed E-state index contributed by atoms with van der Waals surface area (Å²) in [6.45, 7) is 1.90. The molecule has 2 N–H and O–H groups in total. The zero-order chi connectivity index (χ0) is 22.1. The molecule has 1 aromatic carbocycles. The summed E-state index contributed by atoms with van der Waals surface area (Å²) in [5, 5.41) is 0. The quantitative estimate of drug-likeness (QED) is 0.448. The van der Waals surface area contributed by atoms with Crippen LogP contribution in [0.4, 0.5) is 8.78 Å². The highest BCUT2D eigenvalue weighted by Crippen LogP contribution is 2.28. The first-order valence-corrected chi connectivity index (χ1v) is 10.8. The Kier molecular flexibility index (Phi) is 12.0. The fourth-order valence-electron chi connectivity index (χ4n) is 3.34. The molecule has 3 rings (SSSR count). The van der Waals surface area contributed by atoms with Crippen molar-refractivity contribution in [1.82, 2.24) is 13.9 Å². The fourth-order valence-corrected chi connectivity index (χ4v) is 4.24. The van der Waals surface area contributed by atoms with Crippen LogP contribution in [-0.4, -0.2) is 42.9 Å². The highest BCUT2D eigenvalue weighted by Gasteiger charge is 2.19. The smallest absolute Gasteiger partial charge is 0.242 e. The maximum atomic E-state index is 14.1. The van der Waals surface area contributed by atoms with Crippen molar-refractivity contribution in [3.63, 3.8) is 0 Å². The van der Waals surface area contributed by atoms with Gasteiger partial charge in [0.1, 0.15) is 5.83 Å². The van der Waals surface area contributed by atoms with Crippen molar-refractivity contribution < 1.29 is 17.2 Å². The number of nitrogens with zero attached hydrogens (tertiary/aromatic N) is 3. The number of rotatable bonds is 7. The molecule has 184 valence electrons. The first-order valence-electron chi connectivity index (χ1n) is 9.35. The third kappa shape index (κ3) is 6.65. The lowest BCUT2D eigenvalue weighted by atomic mass is 10.0. The number of halogens is 5. The first-order chi connectivity index (χ1) is 14.1. The summed E-state index contributed by atoms with van der Waals surface area (Å²) < 4.78 is 55.4. The minimum atomic E-state index is -3.52. The molecule has 2 aromatic heterocycles. The molecule has 0 bridgehead atoms. The third-order valence-corrected chi connectivity index (χ3v) is 6.82. The number of aromatic nitrogens is 2. The summed E-state index contributed by atoms with van der Waals surface area (Å²) in [5.41, 5.74) is 8.82. The SMILES string of the molecule is Cc1c(Cc2ccc(S(=O)(=O)N(C)C)cc2)c2nc(F)ccc2n1C/C(F)=C/CN.Cl.Cl.Cl. The minimum absolute atomic E-state index is 0. The molecule has 0 saturated heterocycles. The van der Waals surface area contributed by atoms with E-state index in [1.165, 1.54) is 38.4 Å². The van der Waals surface area contributed by atoms with E-state index >= 15 is 0 Å². The summed E-state index contributed by atoms with van der Waals surface area (Å²) in [5.74, 6) is -1.00. The van der Waals surface area contributed by atoms with Gasteiger partial charge in [0.2, 0.25) is 16.0 Å². The fraction of sp³-hybridized carbons (Fsp3) is 0.286. The minimum Gasteiger partial charge on any atom is -0.336 e.